The van der Waals surface area contributed by atoms with E-state index in [4.69, 9.17) is 5.73 Å². The zero-order chi connectivity index (χ0) is 15.7. The molecule has 1 aliphatic rings. The summed E-state index contributed by atoms with van der Waals surface area (Å²) in [4.78, 5) is 12.4. The lowest BCUT2D eigenvalue weighted by molar-refractivity contribution is -0.274. The molecule has 2 unspecified atom stereocenters. The van der Waals surface area contributed by atoms with E-state index in [0.29, 0.717) is 5.56 Å². The van der Waals surface area contributed by atoms with Crippen LogP contribution in [0.2, 0.25) is 0 Å². The molecule has 1 fully saturated rings. The van der Waals surface area contributed by atoms with Crippen LogP contribution in [0.15, 0.2) is 24.3 Å². The molecule has 0 heterocycles. The van der Waals surface area contributed by atoms with Crippen molar-refractivity contribution in [3.8, 4) is 5.75 Å². The van der Waals surface area contributed by atoms with Crippen molar-refractivity contribution in [1.29, 1.82) is 0 Å². The van der Waals surface area contributed by atoms with E-state index in [1.54, 1.807) is 0 Å². The van der Waals surface area contributed by atoms with Crippen molar-refractivity contribution in [2.75, 3.05) is 0 Å². The minimum absolute atomic E-state index is 0.0389. The van der Waals surface area contributed by atoms with E-state index in [9.17, 15) is 18.0 Å². The van der Waals surface area contributed by atoms with Gasteiger partial charge in [0.2, 0.25) is 0 Å². The first kappa shape index (κ1) is 15.8. The number of carbonyl (C=O) groups is 1. The Morgan fingerprint density at radius 3 is 2.48 bits per heavy atom. The van der Waals surface area contributed by atoms with Gasteiger partial charge >= 0.3 is 6.36 Å². The molecule has 1 aromatic carbocycles. The quantitative estimate of drug-likeness (QED) is 0.929. The minimum Gasteiger partial charge on any atom is -0.406 e. The maximum Gasteiger partial charge on any atom is 0.573 e. The number of nitrogens with two attached hydrogens (primary N) is 1. The third-order valence-corrected chi connectivity index (χ3v) is 4.19. The highest BCUT2D eigenvalue weighted by Gasteiger charge is 2.42. The Morgan fingerprint density at radius 1 is 1.38 bits per heavy atom. The molecule has 1 saturated carbocycles. The molecule has 0 radical (unpaired) electrons. The Hall–Kier alpha value is -1.56. The lowest BCUT2D eigenvalue weighted by Crippen LogP contribution is -2.41. The summed E-state index contributed by atoms with van der Waals surface area (Å²) < 4.78 is 40.0. The number of hydrogen-bond acceptors (Lipinski definition) is 3. The molecule has 0 aliphatic heterocycles. The van der Waals surface area contributed by atoms with Crippen LogP contribution in [-0.2, 0) is 11.2 Å². The normalized spacial score (nSPS) is 25.9. The van der Waals surface area contributed by atoms with E-state index in [0.717, 1.165) is 19.3 Å². The number of carbonyl (C=O) groups excluding carboxylic acids is 1. The summed E-state index contributed by atoms with van der Waals surface area (Å²) in [5.74, 6) is -0.250. The molecule has 2 atom stereocenters. The first-order valence-electron chi connectivity index (χ1n) is 6.84. The molecular weight excluding hydrogens is 283 g/mol. The van der Waals surface area contributed by atoms with Crippen LogP contribution in [-0.4, -0.2) is 18.2 Å². The molecule has 0 amide bonds. The van der Waals surface area contributed by atoms with Gasteiger partial charge in [0, 0.05) is 17.9 Å². The summed E-state index contributed by atoms with van der Waals surface area (Å²) in [5.41, 5.74) is 6.13. The van der Waals surface area contributed by atoms with Crippen molar-refractivity contribution in [2.24, 2.45) is 11.1 Å². The van der Waals surface area contributed by atoms with E-state index < -0.39 is 11.8 Å². The lowest BCUT2D eigenvalue weighted by atomic mass is 9.78. The first-order chi connectivity index (χ1) is 9.71. The number of ether oxygens (including phenoxy) is 1. The molecule has 0 bridgehead atoms. The number of alkyl halides is 3. The van der Waals surface area contributed by atoms with Gasteiger partial charge in [-0.15, -0.1) is 13.2 Å². The van der Waals surface area contributed by atoms with Crippen LogP contribution in [0.3, 0.4) is 0 Å². The Kier molecular flexibility index (Phi) is 4.27. The van der Waals surface area contributed by atoms with Gasteiger partial charge in [0.15, 0.2) is 0 Å². The van der Waals surface area contributed by atoms with Crippen LogP contribution < -0.4 is 10.5 Å². The lowest BCUT2D eigenvalue weighted by Gasteiger charge is -2.27. The van der Waals surface area contributed by atoms with Crippen molar-refractivity contribution in [2.45, 2.75) is 45.0 Å². The average Bonchev–Trinajstić information content (AvgIpc) is 2.72. The molecule has 0 aromatic heterocycles. The SMILES string of the molecule is CC1(C(=O)Cc2ccc(OC(F)(F)F)cc2)CCCC1N. The second kappa shape index (κ2) is 5.67. The van der Waals surface area contributed by atoms with E-state index in [2.05, 4.69) is 4.74 Å². The van der Waals surface area contributed by atoms with E-state index in [1.165, 1.54) is 24.3 Å². The van der Waals surface area contributed by atoms with Crippen molar-refractivity contribution >= 4 is 5.78 Å². The van der Waals surface area contributed by atoms with Gasteiger partial charge < -0.3 is 10.5 Å². The maximum atomic E-state index is 12.4. The summed E-state index contributed by atoms with van der Waals surface area (Å²) in [6.45, 7) is 1.87. The minimum atomic E-state index is -4.71. The second-order valence-electron chi connectivity index (χ2n) is 5.71. The molecule has 1 aromatic rings. The number of benzene rings is 1. The third-order valence-electron chi connectivity index (χ3n) is 4.19. The Balaban J connectivity index is 2.02. The molecule has 21 heavy (non-hydrogen) atoms. The molecule has 3 nitrogen and oxygen atoms in total. The molecule has 116 valence electrons. The van der Waals surface area contributed by atoms with Gasteiger partial charge in [0.1, 0.15) is 11.5 Å². The summed E-state index contributed by atoms with van der Waals surface area (Å²) in [6, 6.07) is 5.24. The largest absolute Gasteiger partial charge is 0.573 e. The topological polar surface area (TPSA) is 52.3 Å². The molecule has 2 N–H and O–H groups in total. The predicted molar refractivity (Wildman–Crippen MR) is 71.8 cm³/mol. The average molecular weight is 301 g/mol. The Labute approximate surface area is 121 Å². The van der Waals surface area contributed by atoms with Crippen molar-refractivity contribution in [3.05, 3.63) is 29.8 Å². The molecule has 6 heteroatoms. The van der Waals surface area contributed by atoms with Gasteiger partial charge in [-0.2, -0.15) is 0 Å². The summed E-state index contributed by atoms with van der Waals surface area (Å²) in [6.07, 6.45) is -2.00. The summed E-state index contributed by atoms with van der Waals surface area (Å²) in [7, 11) is 0. The predicted octanol–water partition coefficient (Wildman–Crippen LogP) is 3.21. The van der Waals surface area contributed by atoms with Gasteiger partial charge in [-0.1, -0.05) is 25.5 Å². The number of Topliss-reactive ketones (excluding diaryl/α,β-unsaturated/α-hetero) is 1. The van der Waals surface area contributed by atoms with Crippen molar-refractivity contribution < 1.29 is 22.7 Å². The van der Waals surface area contributed by atoms with E-state index >= 15 is 0 Å². The van der Waals surface area contributed by atoms with Crippen LogP contribution in [0, 0.1) is 5.41 Å². The third kappa shape index (κ3) is 3.75. The number of rotatable bonds is 4. The maximum absolute atomic E-state index is 12.4. The summed E-state index contributed by atoms with van der Waals surface area (Å²) >= 11 is 0. The molecule has 0 spiro atoms. The smallest absolute Gasteiger partial charge is 0.406 e. The fraction of sp³-hybridized carbons (Fsp3) is 0.533. The van der Waals surface area contributed by atoms with Crippen molar-refractivity contribution in [1.82, 2.24) is 0 Å². The number of halogens is 3. The van der Waals surface area contributed by atoms with Crippen molar-refractivity contribution in [3.63, 3.8) is 0 Å². The van der Waals surface area contributed by atoms with Gasteiger partial charge in [-0.05, 0) is 30.5 Å². The monoisotopic (exact) mass is 301 g/mol. The van der Waals surface area contributed by atoms with E-state index in [-0.39, 0.29) is 24.0 Å². The molecular formula is C15H18F3NO2. The van der Waals surface area contributed by atoms with Crippen LogP contribution >= 0.6 is 0 Å². The standard InChI is InChI=1S/C15H18F3NO2/c1-14(8-2-3-12(14)19)13(20)9-10-4-6-11(7-5-10)21-15(16,17)18/h4-7,12H,2-3,8-9,19H2,1H3. The molecule has 1 aliphatic carbocycles. The highest BCUT2D eigenvalue weighted by Crippen LogP contribution is 2.38. The zero-order valence-corrected chi connectivity index (χ0v) is 11.7. The fourth-order valence-corrected chi connectivity index (χ4v) is 2.74. The zero-order valence-electron chi connectivity index (χ0n) is 11.7. The second-order valence-corrected chi connectivity index (χ2v) is 5.71. The van der Waals surface area contributed by atoms with Gasteiger partial charge in [-0.3, -0.25) is 4.79 Å². The van der Waals surface area contributed by atoms with Crippen LogP contribution in [0.25, 0.3) is 0 Å². The highest BCUT2D eigenvalue weighted by molar-refractivity contribution is 5.87. The molecule has 2 rings (SSSR count). The van der Waals surface area contributed by atoms with Gasteiger partial charge in [-0.25, -0.2) is 0 Å². The highest BCUT2D eigenvalue weighted by atomic mass is 19.4. The van der Waals surface area contributed by atoms with E-state index in [1.807, 2.05) is 6.92 Å². The fourth-order valence-electron chi connectivity index (χ4n) is 2.74. The summed E-state index contributed by atoms with van der Waals surface area (Å²) in [5, 5.41) is 0. The van der Waals surface area contributed by atoms with Crippen LogP contribution in [0.4, 0.5) is 13.2 Å². The Bertz CT molecular complexity index is 513. The van der Waals surface area contributed by atoms with Crippen LogP contribution in [0.5, 0.6) is 5.75 Å². The van der Waals surface area contributed by atoms with Crippen LogP contribution in [0.1, 0.15) is 31.7 Å². The van der Waals surface area contributed by atoms with Gasteiger partial charge in [0.05, 0.1) is 0 Å². The Morgan fingerprint density at radius 2 is 2.00 bits per heavy atom. The number of hydrogen-bond donors (Lipinski definition) is 1. The first-order valence-corrected chi connectivity index (χ1v) is 6.84. The number of ketones is 1. The van der Waals surface area contributed by atoms with Gasteiger partial charge in [0.25, 0.3) is 0 Å². The molecule has 0 saturated heterocycles.